The summed E-state index contributed by atoms with van der Waals surface area (Å²) in [5.41, 5.74) is 11.3. The van der Waals surface area contributed by atoms with E-state index in [2.05, 4.69) is 110 Å². The average Bonchev–Trinajstić information content (AvgIpc) is 3.70. The molecule has 2 heterocycles. The Balaban J connectivity index is 1.25. The summed E-state index contributed by atoms with van der Waals surface area (Å²) >= 11 is 0. The van der Waals surface area contributed by atoms with Crippen molar-refractivity contribution in [1.82, 2.24) is 9.13 Å². The highest BCUT2D eigenvalue weighted by atomic mass is 15.0. The van der Waals surface area contributed by atoms with E-state index < -0.39 is 0 Å². The number of aromatic nitrogens is 2. The summed E-state index contributed by atoms with van der Waals surface area (Å²) in [5, 5.41) is 13.9. The highest BCUT2D eigenvalue weighted by Gasteiger charge is 2.19. The van der Waals surface area contributed by atoms with E-state index in [0.29, 0.717) is 16.9 Å². The normalized spacial score (nSPS) is 11.1. The van der Waals surface area contributed by atoms with E-state index in [-0.39, 0.29) is 0 Å². The Labute approximate surface area is 288 Å². The summed E-state index contributed by atoms with van der Waals surface area (Å²) in [7, 11) is 0. The van der Waals surface area contributed by atoms with Crippen LogP contribution in [-0.4, -0.2) is 9.13 Å². The van der Waals surface area contributed by atoms with E-state index in [0.717, 1.165) is 66.5 Å². The quantitative estimate of drug-likeness (QED) is 0.177. The first-order valence-electron chi connectivity index (χ1n) is 16.2. The number of fused-ring (bicyclic) bond motifs is 6. The molecule has 9 rings (SSSR count). The standard InChI is InChI=1S/C45H25N5/c1-47-39-23-22-32(49-42-19-7-4-14-34(42)35-15-5-8-20-43(35)49)27-37(39)31-12-9-11-30(26-31)33-13-3-6-18-41(33)50-44-24-21-29(28-46)25-38(44)36-16-10-17-40(48-2)45(36)50/h3-27H. The molecule has 9 aromatic rings. The average molecular weight is 636 g/mol. The number of benzene rings is 7. The summed E-state index contributed by atoms with van der Waals surface area (Å²) < 4.78 is 4.42. The molecule has 0 bridgehead atoms. The highest BCUT2D eigenvalue weighted by molar-refractivity contribution is 6.14. The fourth-order valence-electron chi connectivity index (χ4n) is 7.42. The number of hydrogen-bond donors (Lipinski definition) is 0. The minimum absolute atomic E-state index is 0.546. The van der Waals surface area contributed by atoms with Gasteiger partial charge in [0.15, 0.2) is 5.69 Å². The van der Waals surface area contributed by atoms with Gasteiger partial charge in [-0.15, -0.1) is 0 Å². The van der Waals surface area contributed by atoms with Crippen LogP contribution in [0.5, 0.6) is 0 Å². The summed E-state index contributed by atoms with van der Waals surface area (Å²) in [6.07, 6.45) is 0. The van der Waals surface area contributed by atoms with Gasteiger partial charge in [-0.25, -0.2) is 9.69 Å². The molecule has 230 valence electrons. The molecule has 7 aromatic carbocycles. The van der Waals surface area contributed by atoms with Crippen molar-refractivity contribution in [3.05, 3.63) is 180 Å². The van der Waals surface area contributed by atoms with E-state index >= 15 is 0 Å². The van der Waals surface area contributed by atoms with Crippen molar-refractivity contribution in [3.63, 3.8) is 0 Å². The van der Waals surface area contributed by atoms with E-state index in [4.69, 9.17) is 13.1 Å². The summed E-state index contributed by atoms with van der Waals surface area (Å²) in [6, 6.07) is 53.2. The molecule has 0 radical (unpaired) electrons. The summed E-state index contributed by atoms with van der Waals surface area (Å²) in [5.74, 6) is 0. The number of hydrogen-bond acceptors (Lipinski definition) is 1. The summed E-state index contributed by atoms with van der Waals surface area (Å²) in [6.45, 7) is 16.1. The van der Waals surface area contributed by atoms with Gasteiger partial charge in [-0.3, -0.25) is 0 Å². The van der Waals surface area contributed by atoms with Crippen molar-refractivity contribution in [2.24, 2.45) is 0 Å². The van der Waals surface area contributed by atoms with Crippen LogP contribution in [0.25, 0.3) is 86.9 Å². The molecule has 0 aliphatic carbocycles. The first-order chi connectivity index (χ1) is 24.7. The van der Waals surface area contributed by atoms with E-state index in [9.17, 15) is 5.26 Å². The monoisotopic (exact) mass is 635 g/mol. The molecule has 5 nitrogen and oxygen atoms in total. The Kier molecular flexibility index (Phi) is 6.56. The molecule has 5 heteroatoms. The number of rotatable bonds is 4. The van der Waals surface area contributed by atoms with Crippen LogP contribution in [0.3, 0.4) is 0 Å². The second kappa shape index (κ2) is 11.4. The zero-order chi connectivity index (χ0) is 33.8. The molecule has 0 unspecified atom stereocenters. The Morgan fingerprint density at radius 3 is 1.86 bits per heavy atom. The Morgan fingerprint density at radius 1 is 0.480 bits per heavy atom. The first-order valence-corrected chi connectivity index (χ1v) is 16.2. The van der Waals surface area contributed by atoms with Gasteiger partial charge in [0.1, 0.15) is 0 Å². The minimum Gasteiger partial charge on any atom is -0.318 e. The maximum absolute atomic E-state index is 9.68. The third kappa shape index (κ3) is 4.31. The van der Waals surface area contributed by atoms with Crippen molar-refractivity contribution >= 4 is 55.0 Å². The van der Waals surface area contributed by atoms with Crippen molar-refractivity contribution in [1.29, 1.82) is 5.26 Å². The molecule has 0 saturated carbocycles. The lowest BCUT2D eigenvalue weighted by molar-refractivity contribution is 1.18. The third-order valence-corrected chi connectivity index (χ3v) is 9.58. The Hall–Kier alpha value is -7.39. The number of nitrogens with zero attached hydrogens (tertiary/aromatic N) is 5. The lowest BCUT2D eigenvalue weighted by Crippen LogP contribution is -1.97. The van der Waals surface area contributed by atoms with Crippen LogP contribution in [0, 0.1) is 24.5 Å². The van der Waals surface area contributed by atoms with Crippen molar-refractivity contribution in [2.75, 3.05) is 0 Å². The van der Waals surface area contributed by atoms with Gasteiger partial charge in [-0.1, -0.05) is 97.1 Å². The first kappa shape index (κ1) is 28.8. The molecule has 0 spiro atoms. The van der Waals surface area contributed by atoms with Gasteiger partial charge in [-0.2, -0.15) is 5.26 Å². The highest BCUT2D eigenvalue weighted by Crippen LogP contribution is 2.42. The van der Waals surface area contributed by atoms with Gasteiger partial charge < -0.3 is 9.13 Å². The smallest absolute Gasteiger partial charge is 0.211 e. The summed E-state index contributed by atoms with van der Waals surface area (Å²) in [4.78, 5) is 7.84. The van der Waals surface area contributed by atoms with Gasteiger partial charge in [-0.05, 0) is 76.7 Å². The maximum atomic E-state index is 9.68. The molecule has 0 fully saturated rings. The van der Waals surface area contributed by atoms with Gasteiger partial charge in [0.05, 0.1) is 52.5 Å². The van der Waals surface area contributed by atoms with Crippen LogP contribution >= 0.6 is 0 Å². The zero-order valence-corrected chi connectivity index (χ0v) is 26.7. The van der Waals surface area contributed by atoms with Gasteiger partial charge in [0.2, 0.25) is 5.69 Å². The molecule has 0 aliphatic rings. The second-order valence-electron chi connectivity index (χ2n) is 12.2. The minimum atomic E-state index is 0.546. The zero-order valence-electron chi connectivity index (χ0n) is 26.7. The van der Waals surface area contributed by atoms with Crippen LogP contribution in [0.2, 0.25) is 0 Å². The van der Waals surface area contributed by atoms with Crippen molar-refractivity contribution < 1.29 is 0 Å². The molecular weight excluding hydrogens is 611 g/mol. The predicted molar refractivity (Wildman–Crippen MR) is 203 cm³/mol. The lowest BCUT2D eigenvalue weighted by atomic mass is 9.96. The van der Waals surface area contributed by atoms with Crippen LogP contribution in [0.1, 0.15) is 5.56 Å². The maximum Gasteiger partial charge on any atom is 0.211 e. The van der Waals surface area contributed by atoms with E-state index in [1.807, 2.05) is 66.7 Å². The lowest BCUT2D eigenvalue weighted by Gasteiger charge is -2.16. The molecule has 0 N–H and O–H groups in total. The molecule has 2 aromatic heterocycles. The van der Waals surface area contributed by atoms with Gasteiger partial charge in [0.25, 0.3) is 0 Å². The van der Waals surface area contributed by atoms with E-state index in [1.54, 1.807) is 0 Å². The van der Waals surface area contributed by atoms with Gasteiger partial charge in [0, 0.05) is 27.4 Å². The molecule has 0 aliphatic heterocycles. The van der Waals surface area contributed by atoms with Gasteiger partial charge >= 0.3 is 0 Å². The largest absolute Gasteiger partial charge is 0.318 e. The van der Waals surface area contributed by atoms with Crippen LogP contribution in [-0.2, 0) is 0 Å². The fourth-order valence-corrected chi connectivity index (χ4v) is 7.42. The van der Waals surface area contributed by atoms with E-state index in [1.165, 1.54) is 10.8 Å². The fraction of sp³-hybridized carbons (Fsp3) is 0. The second-order valence-corrected chi connectivity index (χ2v) is 12.2. The Morgan fingerprint density at radius 2 is 1.12 bits per heavy atom. The van der Waals surface area contributed by atoms with Crippen LogP contribution < -0.4 is 0 Å². The van der Waals surface area contributed by atoms with Crippen molar-refractivity contribution in [3.8, 4) is 39.7 Å². The third-order valence-electron chi connectivity index (χ3n) is 9.58. The van der Waals surface area contributed by atoms with Crippen molar-refractivity contribution in [2.45, 2.75) is 0 Å². The number of para-hydroxylation sites is 4. The molecular formula is C45H25N5. The van der Waals surface area contributed by atoms with Crippen LogP contribution in [0.15, 0.2) is 152 Å². The molecule has 0 saturated heterocycles. The topological polar surface area (TPSA) is 42.4 Å². The Bertz CT molecular complexity index is 2920. The molecule has 0 atom stereocenters. The predicted octanol–water partition coefficient (Wildman–Crippen LogP) is 12.2. The molecule has 50 heavy (non-hydrogen) atoms. The van der Waals surface area contributed by atoms with Crippen LogP contribution in [0.4, 0.5) is 11.4 Å². The molecule has 0 amide bonds. The number of nitriles is 1. The SMILES string of the molecule is [C-]#[N+]c1ccc(-n2c3ccccc3c3ccccc32)cc1-c1cccc(-c2ccccc2-n2c3ccc(C#N)cc3c3cccc([N+]#[C-])c32)c1.